The van der Waals surface area contributed by atoms with Gasteiger partial charge in [-0.25, -0.2) is 4.79 Å². The first-order valence-corrected chi connectivity index (χ1v) is 10.1. The first kappa shape index (κ1) is 20.6. The molecule has 2 aromatic rings. The zero-order chi connectivity index (χ0) is 22.0. The highest BCUT2D eigenvalue weighted by Gasteiger charge is 2.45. The predicted molar refractivity (Wildman–Crippen MR) is 109 cm³/mol. The summed E-state index contributed by atoms with van der Waals surface area (Å²) in [6, 6.07) is 16.4. The molecule has 0 bridgehead atoms. The second kappa shape index (κ2) is 8.59. The van der Waals surface area contributed by atoms with E-state index in [0.717, 1.165) is 11.1 Å². The highest BCUT2D eigenvalue weighted by atomic mass is 16.5. The van der Waals surface area contributed by atoms with Crippen LogP contribution in [0.25, 0.3) is 0 Å². The van der Waals surface area contributed by atoms with Crippen LogP contribution in [0.2, 0.25) is 0 Å². The summed E-state index contributed by atoms with van der Waals surface area (Å²) in [6.07, 6.45) is -1.33. The van der Waals surface area contributed by atoms with Crippen molar-refractivity contribution in [1.82, 2.24) is 9.80 Å². The maximum atomic E-state index is 12.6. The molecule has 0 aromatic heterocycles. The van der Waals surface area contributed by atoms with E-state index < -0.39 is 23.9 Å². The Bertz CT molecular complexity index is 1020. The summed E-state index contributed by atoms with van der Waals surface area (Å²) in [6.45, 7) is 0.717. The number of ether oxygens (including phenoxy) is 1. The molecule has 2 aromatic carbocycles. The fraction of sp³-hybridized carbons (Fsp3) is 0.304. The molecule has 8 nitrogen and oxygen atoms in total. The number of imide groups is 3. The van der Waals surface area contributed by atoms with Gasteiger partial charge in [-0.3, -0.25) is 14.4 Å². The van der Waals surface area contributed by atoms with E-state index in [4.69, 9.17) is 9.84 Å². The number of likely N-dealkylation sites (tertiary alicyclic amines) is 2. The molecule has 160 valence electrons. The summed E-state index contributed by atoms with van der Waals surface area (Å²) in [5.41, 5.74) is 1.96. The lowest BCUT2D eigenvalue weighted by atomic mass is 9.98. The number of hydrogen-bond acceptors (Lipinski definition) is 5. The van der Waals surface area contributed by atoms with E-state index in [0.29, 0.717) is 18.9 Å². The van der Waals surface area contributed by atoms with Crippen molar-refractivity contribution in [3.05, 3.63) is 65.7 Å². The molecule has 0 radical (unpaired) electrons. The maximum absolute atomic E-state index is 12.6. The van der Waals surface area contributed by atoms with Gasteiger partial charge in [0.25, 0.3) is 5.91 Å². The molecule has 2 saturated heterocycles. The zero-order valence-corrected chi connectivity index (χ0v) is 16.8. The van der Waals surface area contributed by atoms with Crippen molar-refractivity contribution in [2.75, 3.05) is 6.54 Å². The Labute approximate surface area is 179 Å². The van der Waals surface area contributed by atoms with E-state index in [2.05, 4.69) is 0 Å². The van der Waals surface area contributed by atoms with Crippen molar-refractivity contribution >= 4 is 23.8 Å². The molecular weight excluding hydrogens is 400 g/mol. The summed E-state index contributed by atoms with van der Waals surface area (Å²) in [5, 5.41) is 9.17. The van der Waals surface area contributed by atoms with Crippen LogP contribution in [0.15, 0.2) is 54.6 Å². The summed E-state index contributed by atoms with van der Waals surface area (Å²) in [4.78, 5) is 49.9. The summed E-state index contributed by atoms with van der Waals surface area (Å²) >= 11 is 0. The van der Waals surface area contributed by atoms with Crippen molar-refractivity contribution in [2.45, 2.75) is 37.8 Å². The van der Waals surface area contributed by atoms with E-state index >= 15 is 0 Å². The zero-order valence-electron chi connectivity index (χ0n) is 16.8. The maximum Gasteiger partial charge on any atom is 0.421 e. The van der Waals surface area contributed by atoms with Crippen LogP contribution in [0.1, 0.15) is 36.3 Å². The molecule has 31 heavy (non-hydrogen) atoms. The number of carbonyl (C=O) groups is 4. The minimum Gasteiger partial charge on any atom is -0.489 e. The molecular formula is C23H22N2O6. The highest BCUT2D eigenvalue weighted by molar-refractivity contribution is 6.12. The number of hydrogen-bond donors (Lipinski definition) is 1. The molecule has 8 heteroatoms. The number of benzene rings is 2. The molecule has 0 aliphatic carbocycles. The van der Waals surface area contributed by atoms with Crippen LogP contribution in [0.4, 0.5) is 4.79 Å². The van der Waals surface area contributed by atoms with Crippen molar-refractivity contribution < 1.29 is 29.0 Å². The Morgan fingerprint density at radius 3 is 2.55 bits per heavy atom. The van der Waals surface area contributed by atoms with Gasteiger partial charge in [-0.1, -0.05) is 42.5 Å². The molecule has 0 spiro atoms. The Kier molecular flexibility index (Phi) is 5.70. The Balaban J connectivity index is 1.45. The second-order valence-corrected chi connectivity index (χ2v) is 7.70. The van der Waals surface area contributed by atoms with E-state index in [-0.39, 0.29) is 36.0 Å². The normalized spacial score (nSPS) is 21.5. The van der Waals surface area contributed by atoms with Gasteiger partial charge in [0.05, 0.1) is 0 Å². The van der Waals surface area contributed by atoms with Crippen molar-refractivity contribution in [3.8, 4) is 5.75 Å². The highest BCUT2D eigenvalue weighted by Crippen LogP contribution is 2.33. The quantitative estimate of drug-likeness (QED) is 0.743. The lowest BCUT2D eigenvalue weighted by Crippen LogP contribution is -2.56. The standard InChI is InChI=1S/C23H22N2O6/c26-20-10-9-19(22(28)25(20)23(29)30)24-13-17(12-21(24)27)16-7-4-8-18(11-16)31-14-15-5-2-1-3-6-15/h1-8,11,17,19H,9-10,12-14H2,(H,29,30). The van der Waals surface area contributed by atoms with Gasteiger partial charge >= 0.3 is 6.09 Å². The van der Waals surface area contributed by atoms with Crippen molar-refractivity contribution in [3.63, 3.8) is 0 Å². The van der Waals surface area contributed by atoms with Gasteiger partial charge in [-0.05, 0) is 29.7 Å². The van der Waals surface area contributed by atoms with Crippen molar-refractivity contribution in [1.29, 1.82) is 0 Å². The van der Waals surface area contributed by atoms with Crippen LogP contribution >= 0.6 is 0 Å². The molecule has 2 heterocycles. The van der Waals surface area contributed by atoms with Crippen molar-refractivity contribution in [2.24, 2.45) is 0 Å². The topological polar surface area (TPSA) is 104 Å². The largest absolute Gasteiger partial charge is 0.489 e. The van der Waals surface area contributed by atoms with Crippen LogP contribution in [0.5, 0.6) is 5.75 Å². The first-order valence-electron chi connectivity index (χ1n) is 10.1. The molecule has 2 unspecified atom stereocenters. The van der Waals surface area contributed by atoms with Gasteiger partial charge in [0.1, 0.15) is 18.4 Å². The molecule has 1 N–H and O–H groups in total. The molecule has 2 fully saturated rings. The van der Waals surface area contributed by atoms with Gasteiger partial charge in [-0.15, -0.1) is 0 Å². The van der Waals surface area contributed by atoms with Crippen LogP contribution in [-0.4, -0.2) is 51.3 Å². The molecule has 2 aliphatic rings. The summed E-state index contributed by atoms with van der Waals surface area (Å²) in [7, 11) is 0. The number of amides is 4. The minimum atomic E-state index is -1.61. The molecule has 2 atom stereocenters. The Hall–Kier alpha value is -3.68. The fourth-order valence-electron chi connectivity index (χ4n) is 4.11. The average molecular weight is 422 g/mol. The minimum absolute atomic E-state index is 0.0834. The second-order valence-electron chi connectivity index (χ2n) is 7.70. The lowest BCUT2D eigenvalue weighted by molar-refractivity contribution is -0.153. The van der Waals surface area contributed by atoms with E-state index in [9.17, 15) is 19.2 Å². The molecule has 4 rings (SSSR count). The van der Waals surface area contributed by atoms with E-state index in [1.807, 2.05) is 54.6 Å². The predicted octanol–water partition coefficient (Wildman–Crippen LogP) is 2.78. The number of nitrogens with zero attached hydrogens (tertiary/aromatic N) is 2. The Morgan fingerprint density at radius 2 is 1.81 bits per heavy atom. The van der Waals surface area contributed by atoms with E-state index in [1.165, 1.54) is 4.90 Å². The third kappa shape index (κ3) is 4.28. The van der Waals surface area contributed by atoms with E-state index in [1.54, 1.807) is 0 Å². The number of carbonyl (C=O) groups excluding carboxylic acids is 3. The molecule has 0 saturated carbocycles. The Morgan fingerprint density at radius 1 is 1.03 bits per heavy atom. The van der Waals surface area contributed by atoms with Crippen LogP contribution in [0, 0.1) is 0 Å². The molecule has 2 aliphatic heterocycles. The van der Waals surface area contributed by atoms with Gasteiger partial charge < -0.3 is 14.7 Å². The van der Waals surface area contributed by atoms with Gasteiger partial charge in [0, 0.05) is 25.3 Å². The number of piperidine rings is 1. The smallest absolute Gasteiger partial charge is 0.421 e. The number of rotatable bonds is 5. The first-order chi connectivity index (χ1) is 14.9. The van der Waals surface area contributed by atoms with Gasteiger partial charge in [-0.2, -0.15) is 4.90 Å². The molecule has 4 amide bonds. The third-order valence-electron chi connectivity index (χ3n) is 5.69. The summed E-state index contributed by atoms with van der Waals surface area (Å²) in [5.74, 6) is -1.28. The lowest BCUT2D eigenvalue weighted by Gasteiger charge is -2.33. The fourth-order valence-corrected chi connectivity index (χ4v) is 4.11. The third-order valence-corrected chi connectivity index (χ3v) is 5.69. The number of carboxylic acid groups (broad SMARTS) is 1. The van der Waals surface area contributed by atoms with Gasteiger partial charge in [0.15, 0.2) is 0 Å². The van der Waals surface area contributed by atoms with Crippen LogP contribution in [-0.2, 0) is 21.0 Å². The van der Waals surface area contributed by atoms with Gasteiger partial charge in [0.2, 0.25) is 11.8 Å². The van der Waals surface area contributed by atoms with Crippen LogP contribution in [0.3, 0.4) is 0 Å². The SMILES string of the molecule is O=C(O)N1C(=O)CCC(N2CC(c3cccc(OCc4ccccc4)c3)CC2=O)C1=O. The average Bonchev–Trinajstić information content (AvgIpc) is 3.14. The monoisotopic (exact) mass is 422 g/mol. The summed E-state index contributed by atoms with van der Waals surface area (Å²) < 4.78 is 5.87. The van der Waals surface area contributed by atoms with Crippen LogP contribution < -0.4 is 4.74 Å².